The molecule has 1 atom stereocenters. The summed E-state index contributed by atoms with van der Waals surface area (Å²) in [4.78, 5) is 18.1. The van der Waals surface area contributed by atoms with Crippen molar-refractivity contribution in [2.45, 2.75) is 6.10 Å². The van der Waals surface area contributed by atoms with Crippen molar-refractivity contribution in [3.8, 4) is 23.0 Å². The minimum atomic E-state index is -0.821. The molecule has 0 bridgehead atoms. The van der Waals surface area contributed by atoms with E-state index < -0.39 is 12.0 Å². The molecule has 0 spiro atoms. The van der Waals surface area contributed by atoms with E-state index in [9.17, 15) is 9.90 Å². The average molecular weight is 523 g/mol. The number of hydroxylamine groups is 2. The van der Waals surface area contributed by atoms with Crippen molar-refractivity contribution in [1.29, 1.82) is 0 Å². The van der Waals surface area contributed by atoms with Crippen molar-refractivity contribution in [1.82, 2.24) is 5.06 Å². The first kappa shape index (κ1) is 28.5. The van der Waals surface area contributed by atoms with Crippen LogP contribution in [-0.2, 0) is 9.53 Å². The Morgan fingerprint density at radius 3 is 2.29 bits per heavy atom. The molecule has 3 aromatic rings. The van der Waals surface area contributed by atoms with Crippen LogP contribution in [0.4, 0.5) is 0 Å². The van der Waals surface area contributed by atoms with E-state index in [-0.39, 0.29) is 13.2 Å². The van der Waals surface area contributed by atoms with Crippen molar-refractivity contribution >= 4 is 17.6 Å². The lowest BCUT2D eigenvalue weighted by molar-refractivity contribution is -0.112. The minimum Gasteiger partial charge on any atom is -0.497 e. The highest BCUT2D eigenvalue weighted by Crippen LogP contribution is 2.29. The molecule has 0 aromatic heterocycles. The smallest absolute Gasteiger partial charge is 0.249 e. The molecule has 3 N–H and O–H groups in total. The number of nitrogens with two attached hydrogens (primary N) is 1. The van der Waals surface area contributed by atoms with Crippen LogP contribution in [0.1, 0.15) is 11.1 Å². The lowest BCUT2D eigenvalue weighted by atomic mass is 10.0. The van der Waals surface area contributed by atoms with Gasteiger partial charge in [0.1, 0.15) is 35.7 Å². The van der Waals surface area contributed by atoms with Crippen LogP contribution in [0, 0.1) is 0 Å². The molecule has 3 aromatic carbocycles. The molecule has 3 rings (SSSR count). The molecule has 38 heavy (non-hydrogen) atoms. The summed E-state index contributed by atoms with van der Waals surface area (Å²) < 4.78 is 21.6. The van der Waals surface area contributed by atoms with Gasteiger partial charge in [0.25, 0.3) is 0 Å². The van der Waals surface area contributed by atoms with Crippen molar-refractivity contribution in [3.63, 3.8) is 0 Å². The van der Waals surface area contributed by atoms with Gasteiger partial charge in [-0.3, -0.25) is 4.79 Å². The number of methoxy groups -OCH3 is 3. The number of amides is 1. The molecule has 0 radical (unpaired) electrons. The molecule has 0 aliphatic rings. The second-order valence-corrected chi connectivity index (χ2v) is 8.30. The van der Waals surface area contributed by atoms with Crippen LogP contribution < -0.4 is 24.8 Å². The van der Waals surface area contributed by atoms with Gasteiger partial charge in [0.15, 0.2) is 0 Å². The molecule has 202 valence electrons. The van der Waals surface area contributed by atoms with Crippen LogP contribution >= 0.6 is 0 Å². The molecular formula is C29H34N2O7. The lowest BCUT2D eigenvalue weighted by Crippen LogP contribution is -2.39. The van der Waals surface area contributed by atoms with Gasteiger partial charge in [-0.15, -0.1) is 5.06 Å². The number of carbonyl (C=O) groups is 1. The van der Waals surface area contributed by atoms with Crippen molar-refractivity contribution in [2.75, 3.05) is 47.6 Å². The van der Waals surface area contributed by atoms with Gasteiger partial charge < -0.3 is 34.6 Å². The summed E-state index contributed by atoms with van der Waals surface area (Å²) in [6, 6.07) is 21.5. The molecule has 0 saturated heterocycles. The van der Waals surface area contributed by atoms with Crippen LogP contribution in [0.2, 0.25) is 0 Å². The zero-order chi connectivity index (χ0) is 27.3. The standard InChI is InChI=1S/C29H34N2O7/c1-34-16-15-31(38-25-7-5-4-6-8-25)19-23(32)20-37-24-12-9-21(10-13-24)27(29(30)33)17-22-11-14-26(35-2)18-28(22)36-3/h4-14,17-18,23,32H,15-16,19-20H2,1-3H3,(H2,30,33)/b27-17+. The predicted molar refractivity (Wildman–Crippen MR) is 145 cm³/mol. The monoisotopic (exact) mass is 522 g/mol. The third kappa shape index (κ3) is 8.52. The maximum Gasteiger partial charge on any atom is 0.249 e. The van der Waals surface area contributed by atoms with Crippen LogP contribution in [0.3, 0.4) is 0 Å². The van der Waals surface area contributed by atoms with Crippen LogP contribution in [0.25, 0.3) is 11.6 Å². The highest BCUT2D eigenvalue weighted by Gasteiger charge is 2.16. The van der Waals surface area contributed by atoms with Crippen LogP contribution in [0.15, 0.2) is 72.8 Å². The topological polar surface area (TPSA) is 113 Å². The molecule has 0 saturated carbocycles. The van der Waals surface area contributed by atoms with Crippen LogP contribution in [0.5, 0.6) is 23.0 Å². The number of benzene rings is 3. The first-order chi connectivity index (χ1) is 18.4. The normalized spacial score (nSPS) is 12.2. The van der Waals surface area contributed by atoms with Crippen molar-refractivity contribution in [3.05, 3.63) is 83.9 Å². The van der Waals surface area contributed by atoms with Gasteiger partial charge in [-0.05, 0) is 48.0 Å². The summed E-state index contributed by atoms with van der Waals surface area (Å²) in [5.74, 6) is 1.80. The SMILES string of the molecule is COCCN(CC(O)COc1ccc(/C(=C\c2ccc(OC)cc2OC)C(N)=O)cc1)Oc1ccccc1. The predicted octanol–water partition coefficient (Wildman–Crippen LogP) is 3.41. The summed E-state index contributed by atoms with van der Waals surface area (Å²) in [5, 5.41) is 12.2. The number of aliphatic hydroxyl groups excluding tert-OH is 1. The summed E-state index contributed by atoms with van der Waals surface area (Å²) in [6.07, 6.45) is 0.848. The van der Waals surface area contributed by atoms with E-state index in [1.165, 1.54) is 0 Å². The second-order valence-electron chi connectivity index (χ2n) is 8.30. The second kappa shape index (κ2) is 14.6. The molecule has 0 heterocycles. The molecule has 9 heteroatoms. The molecule has 0 aliphatic carbocycles. The highest BCUT2D eigenvalue weighted by atomic mass is 16.7. The molecule has 0 fully saturated rings. The number of para-hydroxylation sites is 1. The van der Waals surface area contributed by atoms with Gasteiger partial charge in [0, 0.05) is 24.3 Å². The number of rotatable bonds is 15. The molecule has 1 unspecified atom stereocenters. The first-order valence-corrected chi connectivity index (χ1v) is 12.0. The van der Waals surface area contributed by atoms with Gasteiger partial charge in [0.05, 0.1) is 33.9 Å². The molecule has 0 aliphatic heterocycles. The van der Waals surface area contributed by atoms with Crippen molar-refractivity contribution < 1.29 is 33.7 Å². The van der Waals surface area contributed by atoms with Gasteiger partial charge in [-0.1, -0.05) is 30.3 Å². The van der Waals surface area contributed by atoms with Gasteiger partial charge >= 0.3 is 0 Å². The number of aliphatic hydroxyl groups is 1. The first-order valence-electron chi connectivity index (χ1n) is 12.0. The van der Waals surface area contributed by atoms with Gasteiger partial charge in [0.2, 0.25) is 5.91 Å². The molecule has 1 amide bonds. The van der Waals surface area contributed by atoms with Crippen LogP contribution in [-0.4, -0.2) is 69.8 Å². The average Bonchev–Trinajstić information content (AvgIpc) is 2.94. The quantitative estimate of drug-likeness (QED) is 0.177. The third-order valence-electron chi connectivity index (χ3n) is 5.55. The van der Waals surface area contributed by atoms with Gasteiger partial charge in [-0.2, -0.15) is 0 Å². The Kier molecular flexibility index (Phi) is 11.0. The number of primary amides is 1. The maximum atomic E-state index is 12.2. The van der Waals surface area contributed by atoms with E-state index in [1.54, 1.807) is 74.9 Å². The van der Waals surface area contributed by atoms with E-state index in [1.807, 2.05) is 30.3 Å². The zero-order valence-electron chi connectivity index (χ0n) is 21.8. The fraction of sp³-hybridized carbons (Fsp3) is 0.276. The zero-order valence-corrected chi connectivity index (χ0v) is 21.8. The van der Waals surface area contributed by atoms with E-state index >= 15 is 0 Å². The van der Waals surface area contributed by atoms with E-state index in [0.717, 1.165) is 0 Å². The molecular weight excluding hydrogens is 488 g/mol. The van der Waals surface area contributed by atoms with Crippen molar-refractivity contribution in [2.24, 2.45) is 5.73 Å². The summed E-state index contributed by atoms with van der Waals surface area (Å²) in [5.41, 5.74) is 7.28. The summed E-state index contributed by atoms with van der Waals surface area (Å²) in [7, 11) is 4.72. The Bertz CT molecular complexity index is 1180. The maximum absolute atomic E-state index is 12.2. The Morgan fingerprint density at radius 2 is 1.66 bits per heavy atom. The summed E-state index contributed by atoms with van der Waals surface area (Å²) in [6.45, 7) is 1.18. The number of carbonyl (C=O) groups excluding carboxylic acids is 1. The largest absolute Gasteiger partial charge is 0.497 e. The van der Waals surface area contributed by atoms with E-state index in [2.05, 4.69) is 0 Å². The number of ether oxygens (including phenoxy) is 4. The van der Waals surface area contributed by atoms with E-state index in [4.69, 9.17) is 29.5 Å². The number of hydrogen-bond acceptors (Lipinski definition) is 8. The number of hydrogen-bond donors (Lipinski definition) is 2. The van der Waals surface area contributed by atoms with Gasteiger partial charge in [-0.25, -0.2) is 0 Å². The number of nitrogens with zero attached hydrogens (tertiary/aromatic N) is 1. The Labute approximate surface area is 222 Å². The van der Waals surface area contributed by atoms with E-state index in [0.29, 0.717) is 52.8 Å². The minimum absolute atomic E-state index is 0.0442. The fourth-order valence-corrected chi connectivity index (χ4v) is 3.60. The Morgan fingerprint density at radius 1 is 0.947 bits per heavy atom. The lowest BCUT2D eigenvalue weighted by Gasteiger charge is -2.24. The fourth-order valence-electron chi connectivity index (χ4n) is 3.60. The summed E-state index contributed by atoms with van der Waals surface area (Å²) >= 11 is 0. The third-order valence-corrected chi connectivity index (χ3v) is 5.55. The molecule has 9 nitrogen and oxygen atoms in total. The Hall–Kier alpha value is -4.05. The highest BCUT2D eigenvalue weighted by molar-refractivity contribution is 6.23. The Balaban J connectivity index is 1.64.